The predicted octanol–water partition coefficient (Wildman–Crippen LogP) is 2.56. The van der Waals surface area contributed by atoms with Crippen molar-refractivity contribution in [2.45, 2.75) is 24.9 Å². The van der Waals surface area contributed by atoms with Crippen LogP contribution in [-0.4, -0.2) is 22.2 Å². The summed E-state index contributed by atoms with van der Waals surface area (Å²) < 4.78 is 2.16. The maximum atomic E-state index is 4.65. The molecule has 2 heterocycles. The summed E-state index contributed by atoms with van der Waals surface area (Å²) >= 11 is 1.84. The number of nitrogens with one attached hydrogen (secondary N) is 1. The number of rotatable bonds is 5. The zero-order chi connectivity index (χ0) is 11.4. The molecule has 2 rings (SSSR count). The number of fused-ring (bicyclic) bond motifs is 1. The lowest BCUT2D eigenvalue weighted by atomic mass is 10.4. The van der Waals surface area contributed by atoms with Gasteiger partial charge < -0.3 is 9.72 Å². The standard InChI is InChI=1S/C12H17N3S/c1-3-8-16-12-10(9-13-2)15-7-5-4-6-11(15)14-12/h4-7,13H,3,8-9H2,1-2H3. The summed E-state index contributed by atoms with van der Waals surface area (Å²) in [6.07, 6.45) is 3.25. The Balaban J connectivity index is 2.41. The maximum Gasteiger partial charge on any atom is 0.138 e. The first-order chi connectivity index (χ1) is 7.86. The van der Waals surface area contributed by atoms with E-state index in [-0.39, 0.29) is 0 Å². The largest absolute Gasteiger partial charge is 0.314 e. The zero-order valence-corrected chi connectivity index (χ0v) is 10.5. The molecular weight excluding hydrogens is 218 g/mol. The lowest BCUT2D eigenvalue weighted by Gasteiger charge is -2.03. The van der Waals surface area contributed by atoms with Crippen LogP contribution in [0.25, 0.3) is 5.65 Å². The van der Waals surface area contributed by atoms with Gasteiger partial charge >= 0.3 is 0 Å². The third-order valence-electron chi connectivity index (χ3n) is 2.38. The number of hydrogen-bond donors (Lipinski definition) is 1. The van der Waals surface area contributed by atoms with Crippen molar-refractivity contribution in [1.29, 1.82) is 0 Å². The van der Waals surface area contributed by atoms with Crippen molar-refractivity contribution in [2.75, 3.05) is 12.8 Å². The van der Waals surface area contributed by atoms with Gasteiger partial charge in [-0.05, 0) is 31.4 Å². The second-order valence-electron chi connectivity index (χ2n) is 3.67. The Morgan fingerprint density at radius 3 is 3.06 bits per heavy atom. The number of thioether (sulfide) groups is 1. The molecule has 86 valence electrons. The fourth-order valence-electron chi connectivity index (χ4n) is 1.67. The van der Waals surface area contributed by atoms with Crippen molar-refractivity contribution in [3.63, 3.8) is 0 Å². The van der Waals surface area contributed by atoms with Gasteiger partial charge in [-0.2, -0.15) is 0 Å². The minimum Gasteiger partial charge on any atom is -0.314 e. The summed E-state index contributed by atoms with van der Waals surface area (Å²) in [6.45, 7) is 3.05. The lowest BCUT2D eigenvalue weighted by molar-refractivity contribution is 0.764. The maximum absolute atomic E-state index is 4.65. The van der Waals surface area contributed by atoms with E-state index < -0.39 is 0 Å². The van der Waals surface area contributed by atoms with Crippen LogP contribution in [0.5, 0.6) is 0 Å². The normalized spacial score (nSPS) is 11.1. The van der Waals surface area contributed by atoms with E-state index >= 15 is 0 Å². The van der Waals surface area contributed by atoms with Crippen LogP contribution >= 0.6 is 11.8 Å². The van der Waals surface area contributed by atoms with Gasteiger partial charge in [0.25, 0.3) is 0 Å². The van der Waals surface area contributed by atoms with Crippen LogP contribution < -0.4 is 5.32 Å². The first-order valence-corrected chi connectivity index (χ1v) is 6.58. The van der Waals surface area contributed by atoms with Crippen molar-refractivity contribution < 1.29 is 0 Å². The van der Waals surface area contributed by atoms with Gasteiger partial charge in [-0.1, -0.05) is 13.0 Å². The van der Waals surface area contributed by atoms with E-state index in [9.17, 15) is 0 Å². The van der Waals surface area contributed by atoms with Gasteiger partial charge in [0.2, 0.25) is 0 Å². The molecule has 16 heavy (non-hydrogen) atoms. The molecule has 2 aromatic heterocycles. The van der Waals surface area contributed by atoms with Crippen LogP contribution in [0.3, 0.4) is 0 Å². The Kier molecular flexibility index (Phi) is 3.85. The second-order valence-corrected chi connectivity index (χ2v) is 4.75. The Labute approximate surface area is 100 Å². The SMILES string of the molecule is CCCSc1nc2ccccn2c1CNC. The van der Waals surface area contributed by atoms with E-state index in [0.29, 0.717) is 0 Å². The first-order valence-electron chi connectivity index (χ1n) is 5.60. The van der Waals surface area contributed by atoms with E-state index in [4.69, 9.17) is 0 Å². The molecule has 0 amide bonds. The molecule has 0 radical (unpaired) electrons. The number of imidazole rings is 1. The minimum atomic E-state index is 0.858. The topological polar surface area (TPSA) is 29.3 Å². The number of pyridine rings is 1. The summed E-state index contributed by atoms with van der Waals surface area (Å²) in [5.41, 5.74) is 2.29. The molecule has 4 heteroatoms. The molecular formula is C12H17N3S. The molecule has 0 saturated heterocycles. The zero-order valence-electron chi connectivity index (χ0n) is 9.73. The highest BCUT2D eigenvalue weighted by atomic mass is 32.2. The van der Waals surface area contributed by atoms with Gasteiger partial charge in [-0.25, -0.2) is 4.98 Å². The van der Waals surface area contributed by atoms with Crippen molar-refractivity contribution in [1.82, 2.24) is 14.7 Å². The van der Waals surface area contributed by atoms with Crippen LogP contribution in [0.4, 0.5) is 0 Å². The fourth-order valence-corrected chi connectivity index (χ4v) is 2.56. The summed E-state index contributed by atoms with van der Waals surface area (Å²) in [5.74, 6) is 1.13. The molecule has 2 aromatic rings. The van der Waals surface area contributed by atoms with Crippen LogP contribution in [-0.2, 0) is 6.54 Å². The summed E-state index contributed by atoms with van der Waals surface area (Å²) in [4.78, 5) is 4.65. The van der Waals surface area contributed by atoms with Crippen LogP contribution in [0.1, 0.15) is 19.0 Å². The molecule has 0 aliphatic rings. The van der Waals surface area contributed by atoms with E-state index in [1.165, 1.54) is 12.1 Å². The summed E-state index contributed by atoms with van der Waals surface area (Å²) in [5, 5.41) is 4.36. The highest BCUT2D eigenvalue weighted by molar-refractivity contribution is 7.99. The molecule has 0 aliphatic heterocycles. The van der Waals surface area contributed by atoms with Crippen molar-refractivity contribution in [3.8, 4) is 0 Å². The molecule has 0 spiro atoms. The lowest BCUT2D eigenvalue weighted by Crippen LogP contribution is -2.08. The predicted molar refractivity (Wildman–Crippen MR) is 69.0 cm³/mol. The smallest absolute Gasteiger partial charge is 0.138 e. The fraction of sp³-hybridized carbons (Fsp3) is 0.417. The van der Waals surface area contributed by atoms with Crippen LogP contribution in [0.2, 0.25) is 0 Å². The Morgan fingerprint density at radius 2 is 2.31 bits per heavy atom. The number of hydrogen-bond acceptors (Lipinski definition) is 3. The van der Waals surface area contributed by atoms with Crippen molar-refractivity contribution in [3.05, 3.63) is 30.1 Å². The average Bonchev–Trinajstić information content (AvgIpc) is 2.66. The van der Waals surface area contributed by atoms with Crippen LogP contribution in [0, 0.1) is 0 Å². The van der Waals surface area contributed by atoms with E-state index in [1.807, 2.05) is 30.9 Å². The third-order valence-corrected chi connectivity index (χ3v) is 3.59. The Bertz CT molecular complexity index is 464. The quantitative estimate of drug-likeness (QED) is 0.808. The summed E-state index contributed by atoms with van der Waals surface area (Å²) in [6, 6.07) is 6.12. The molecule has 0 saturated carbocycles. The van der Waals surface area contributed by atoms with Crippen molar-refractivity contribution in [2.24, 2.45) is 0 Å². The summed E-state index contributed by atoms with van der Waals surface area (Å²) in [7, 11) is 1.97. The molecule has 0 unspecified atom stereocenters. The van der Waals surface area contributed by atoms with Gasteiger partial charge in [0, 0.05) is 12.7 Å². The van der Waals surface area contributed by atoms with E-state index in [0.717, 1.165) is 23.0 Å². The van der Waals surface area contributed by atoms with Gasteiger partial charge in [-0.15, -0.1) is 11.8 Å². The number of aromatic nitrogens is 2. The first kappa shape index (κ1) is 11.5. The monoisotopic (exact) mass is 235 g/mol. The highest BCUT2D eigenvalue weighted by Gasteiger charge is 2.10. The Morgan fingerprint density at radius 1 is 1.44 bits per heavy atom. The number of nitrogens with zero attached hydrogens (tertiary/aromatic N) is 2. The molecule has 0 atom stereocenters. The van der Waals surface area contributed by atoms with Gasteiger partial charge in [-0.3, -0.25) is 0 Å². The average molecular weight is 235 g/mol. The Hall–Kier alpha value is -1.00. The molecule has 3 nitrogen and oxygen atoms in total. The van der Waals surface area contributed by atoms with E-state index in [2.05, 4.69) is 33.9 Å². The molecule has 1 N–H and O–H groups in total. The van der Waals surface area contributed by atoms with Gasteiger partial charge in [0.15, 0.2) is 0 Å². The highest BCUT2D eigenvalue weighted by Crippen LogP contribution is 2.23. The molecule has 0 aromatic carbocycles. The van der Waals surface area contributed by atoms with E-state index in [1.54, 1.807) is 0 Å². The molecule has 0 fully saturated rings. The van der Waals surface area contributed by atoms with Gasteiger partial charge in [0.1, 0.15) is 10.7 Å². The third kappa shape index (κ3) is 2.23. The minimum absolute atomic E-state index is 0.858. The molecule has 0 aliphatic carbocycles. The van der Waals surface area contributed by atoms with Crippen molar-refractivity contribution >= 4 is 17.4 Å². The van der Waals surface area contributed by atoms with Gasteiger partial charge in [0.05, 0.1) is 5.69 Å². The van der Waals surface area contributed by atoms with Crippen LogP contribution in [0.15, 0.2) is 29.4 Å². The molecule has 0 bridgehead atoms. The second kappa shape index (κ2) is 5.37.